The SMILES string of the molecule is CC(C)(C)OC(=O)N1CC(c2ccc(O)c(C(=O)O)c2)C1. The fourth-order valence-corrected chi connectivity index (χ4v) is 2.14. The van der Waals surface area contributed by atoms with Gasteiger partial charge in [-0.25, -0.2) is 9.59 Å². The van der Waals surface area contributed by atoms with E-state index in [1.807, 2.05) is 0 Å². The second-order valence-corrected chi connectivity index (χ2v) is 6.16. The van der Waals surface area contributed by atoms with E-state index in [2.05, 4.69) is 0 Å². The molecular formula is C15H19NO5. The zero-order valence-electron chi connectivity index (χ0n) is 12.3. The Kier molecular flexibility index (Phi) is 3.80. The van der Waals surface area contributed by atoms with Gasteiger partial charge in [0.05, 0.1) is 0 Å². The molecule has 2 rings (SSSR count). The molecular weight excluding hydrogens is 274 g/mol. The molecule has 21 heavy (non-hydrogen) atoms. The molecule has 0 radical (unpaired) electrons. The van der Waals surface area contributed by atoms with Crippen molar-refractivity contribution in [2.75, 3.05) is 13.1 Å². The number of carbonyl (C=O) groups is 2. The number of aromatic carboxylic acids is 1. The van der Waals surface area contributed by atoms with Gasteiger partial charge in [0.1, 0.15) is 16.9 Å². The first-order chi connectivity index (χ1) is 9.67. The minimum atomic E-state index is -1.17. The summed E-state index contributed by atoms with van der Waals surface area (Å²) < 4.78 is 5.26. The van der Waals surface area contributed by atoms with Crippen LogP contribution in [0.2, 0.25) is 0 Å². The summed E-state index contributed by atoms with van der Waals surface area (Å²) in [6.07, 6.45) is -0.365. The van der Waals surface area contributed by atoms with E-state index in [0.717, 1.165) is 5.56 Å². The summed E-state index contributed by atoms with van der Waals surface area (Å²) in [5.41, 5.74) is 0.144. The van der Waals surface area contributed by atoms with Crippen LogP contribution in [0, 0.1) is 0 Å². The Bertz CT molecular complexity index is 570. The summed E-state index contributed by atoms with van der Waals surface area (Å²) in [5, 5.41) is 18.5. The van der Waals surface area contributed by atoms with Crippen molar-refractivity contribution >= 4 is 12.1 Å². The number of likely N-dealkylation sites (tertiary alicyclic amines) is 1. The van der Waals surface area contributed by atoms with Crippen LogP contribution in [0.1, 0.15) is 42.6 Å². The van der Waals surface area contributed by atoms with Gasteiger partial charge in [0.2, 0.25) is 0 Å². The van der Waals surface area contributed by atoms with Crippen LogP contribution < -0.4 is 0 Å². The molecule has 1 aromatic carbocycles. The Balaban J connectivity index is 2.00. The van der Waals surface area contributed by atoms with Crippen LogP contribution in [0.3, 0.4) is 0 Å². The summed E-state index contributed by atoms with van der Waals surface area (Å²) >= 11 is 0. The molecule has 6 heteroatoms. The van der Waals surface area contributed by atoms with Gasteiger partial charge in [-0.15, -0.1) is 0 Å². The van der Waals surface area contributed by atoms with Gasteiger partial charge in [-0.2, -0.15) is 0 Å². The largest absolute Gasteiger partial charge is 0.507 e. The zero-order valence-corrected chi connectivity index (χ0v) is 12.3. The van der Waals surface area contributed by atoms with Crippen LogP contribution in [-0.2, 0) is 4.74 Å². The van der Waals surface area contributed by atoms with E-state index in [4.69, 9.17) is 9.84 Å². The van der Waals surface area contributed by atoms with Crippen molar-refractivity contribution in [3.8, 4) is 5.75 Å². The minimum absolute atomic E-state index is 0.0659. The molecule has 1 aliphatic heterocycles. The van der Waals surface area contributed by atoms with Gasteiger partial charge < -0.3 is 19.8 Å². The number of hydrogen-bond donors (Lipinski definition) is 2. The van der Waals surface area contributed by atoms with Gasteiger partial charge in [0, 0.05) is 19.0 Å². The Hall–Kier alpha value is -2.24. The lowest BCUT2D eigenvalue weighted by Crippen LogP contribution is -2.50. The number of hydrogen-bond acceptors (Lipinski definition) is 4. The van der Waals surface area contributed by atoms with E-state index < -0.39 is 11.6 Å². The number of aromatic hydroxyl groups is 1. The van der Waals surface area contributed by atoms with E-state index >= 15 is 0 Å². The molecule has 0 spiro atoms. The van der Waals surface area contributed by atoms with Crippen LogP contribution in [0.5, 0.6) is 5.75 Å². The van der Waals surface area contributed by atoms with Gasteiger partial charge >= 0.3 is 12.1 Å². The van der Waals surface area contributed by atoms with Crippen molar-refractivity contribution in [2.45, 2.75) is 32.3 Å². The van der Waals surface area contributed by atoms with Crippen molar-refractivity contribution in [3.63, 3.8) is 0 Å². The van der Waals surface area contributed by atoms with Crippen molar-refractivity contribution in [3.05, 3.63) is 29.3 Å². The highest BCUT2D eigenvalue weighted by Crippen LogP contribution is 2.31. The van der Waals surface area contributed by atoms with Crippen LogP contribution in [-0.4, -0.2) is 45.9 Å². The van der Waals surface area contributed by atoms with E-state index in [0.29, 0.717) is 13.1 Å². The predicted molar refractivity (Wildman–Crippen MR) is 75.6 cm³/mol. The normalized spacial score (nSPS) is 15.5. The number of amides is 1. The molecule has 0 aliphatic carbocycles. The smallest absolute Gasteiger partial charge is 0.410 e. The van der Waals surface area contributed by atoms with Gasteiger partial charge in [-0.1, -0.05) is 6.07 Å². The molecule has 1 saturated heterocycles. The molecule has 6 nitrogen and oxygen atoms in total. The fraction of sp³-hybridized carbons (Fsp3) is 0.467. The first-order valence-electron chi connectivity index (χ1n) is 6.71. The van der Waals surface area contributed by atoms with Crippen molar-refractivity contribution < 1.29 is 24.5 Å². The number of benzene rings is 1. The monoisotopic (exact) mass is 293 g/mol. The summed E-state index contributed by atoms with van der Waals surface area (Å²) in [7, 11) is 0. The van der Waals surface area contributed by atoms with Gasteiger partial charge in [-0.05, 0) is 38.5 Å². The fourth-order valence-electron chi connectivity index (χ4n) is 2.14. The standard InChI is InChI=1S/C15H19NO5/c1-15(2,3)21-14(20)16-7-10(8-16)9-4-5-12(17)11(6-9)13(18)19/h4-6,10,17H,7-8H2,1-3H3,(H,18,19). The van der Waals surface area contributed by atoms with Gasteiger partial charge in [0.25, 0.3) is 0 Å². The van der Waals surface area contributed by atoms with Crippen LogP contribution in [0.15, 0.2) is 18.2 Å². The first kappa shape index (κ1) is 15.2. The lowest BCUT2D eigenvalue weighted by molar-refractivity contribution is 0.00814. The van der Waals surface area contributed by atoms with E-state index in [-0.39, 0.29) is 23.3 Å². The number of rotatable bonds is 2. The lowest BCUT2D eigenvalue weighted by atomic mass is 9.90. The van der Waals surface area contributed by atoms with Crippen LogP contribution >= 0.6 is 0 Å². The molecule has 2 N–H and O–H groups in total. The molecule has 1 aliphatic rings. The molecule has 0 aromatic heterocycles. The predicted octanol–water partition coefficient (Wildman–Crippen LogP) is 2.42. The average molecular weight is 293 g/mol. The number of carboxylic acids is 1. The van der Waals surface area contributed by atoms with Crippen LogP contribution in [0.25, 0.3) is 0 Å². The number of ether oxygens (including phenoxy) is 1. The molecule has 114 valence electrons. The topological polar surface area (TPSA) is 87.1 Å². The highest BCUT2D eigenvalue weighted by Gasteiger charge is 2.34. The number of phenols is 1. The zero-order chi connectivity index (χ0) is 15.8. The van der Waals surface area contributed by atoms with Crippen molar-refractivity contribution in [1.29, 1.82) is 0 Å². The highest BCUT2D eigenvalue weighted by atomic mass is 16.6. The summed E-state index contributed by atoms with van der Waals surface area (Å²) in [5.74, 6) is -1.36. The van der Waals surface area contributed by atoms with Crippen molar-refractivity contribution in [1.82, 2.24) is 4.90 Å². The molecule has 0 atom stereocenters. The summed E-state index contributed by atoms with van der Waals surface area (Å²) in [6.45, 7) is 6.39. The molecule has 1 heterocycles. The quantitative estimate of drug-likeness (QED) is 0.874. The summed E-state index contributed by atoms with van der Waals surface area (Å²) in [4.78, 5) is 24.4. The highest BCUT2D eigenvalue weighted by molar-refractivity contribution is 5.91. The Morgan fingerprint density at radius 2 is 1.90 bits per heavy atom. The lowest BCUT2D eigenvalue weighted by Gasteiger charge is -2.40. The molecule has 0 unspecified atom stereocenters. The Morgan fingerprint density at radius 3 is 2.43 bits per heavy atom. The minimum Gasteiger partial charge on any atom is -0.507 e. The molecule has 1 fully saturated rings. The molecule has 0 bridgehead atoms. The van der Waals surface area contributed by atoms with E-state index in [1.54, 1.807) is 31.7 Å². The molecule has 0 saturated carbocycles. The third kappa shape index (κ3) is 3.45. The maximum Gasteiger partial charge on any atom is 0.410 e. The second kappa shape index (κ2) is 5.27. The average Bonchev–Trinajstić information content (AvgIpc) is 2.26. The van der Waals surface area contributed by atoms with E-state index in [1.165, 1.54) is 12.1 Å². The van der Waals surface area contributed by atoms with E-state index in [9.17, 15) is 14.7 Å². The number of nitrogens with zero attached hydrogens (tertiary/aromatic N) is 1. The van der Waals surface area contributed by atoms with Gasteiger partial charge in [0.15, 0.2) is 0 Å². The maximum atomic E-state index is 11.8. The number of carbonyl (C=O) groups excluding carboxylic acids is 1. The van der Waals surface area contributed by atoms with Crippen molar-refractivity contribution in [2.24, 2.45) is 0 Å². The van der Waals surface area contributed by atoms with Gasteiger partial charge in [-0.3, -0.25) is 0 Å². The third-order valence-electron chi connectivity index (χ3n) is 3.26. The first-order valence-corrected chi connectivity index (χ1v) is 6.71. The Labute approximate surface area is 122 Å². The Morgan fingerprint density at radius 1 is 1.29 bits per heavy atom. The maximum absolute atomic E-state index is 11.8. The molecule has 1 aromatic rings. The third-order valence-corrected chi connectivity index (χ3v) is 3.26. The molecule has 1 amide bonds. The second-order valence-electron chi connectivity index (χ2n) is 6.16. The van der Waals surface area contributed by atoms with Crippen LogP contribution in [0.4, 0.5) is 4.79 Å². The number of carboxylic acid groups (broad SMARTS) is 1. The summed E-state index contributed by atoms with van der Waals surface area (Å²) in [6, 6.07) is 4.50.